The average molecular weight is 553 g/mol. The Hall–Kier alpha value is -1.29. The Balaban J connectivity index is 0.00000216. The molecule has 0 radical (unpaired) electrons. The van der Waals surface area contributed by atoms with Crippen molar-refractivity contribution in [1.29, 1.82) is 0 Å². The molecule has 0 amide bonds. The Kier molecular flexibility index (Phi) is 9.06. The Labute approximate surface area is 249 Å². The number of hydrogen-bond acceptors (Lipinski definition) is 10. The van der Waals surface area contributed by atoms with Gasteiger partial charge in [0, 0.05) is 16.8 Å². The summed E-state index contributed by atoms with van der Waals surface area (Å²) in [6.45, 7) is 0. The van der Waals surface area contributed by atoms with Crippen LogP contribution in [0.1, 0.15) is 31.8 Å². The average Bonchev–Trinajstić information content (AvgIpc) is 2.72. The molecule has 0 aromatic heterocycles. The number of hydrogen-bond donors (Lipinski definition) is 2. The van der Waals surface area contributed by atoms with E-state index in [0.29, 0.717) is 0 Å². The van der Waals surface area contributed by atoms with E-state index in [4.69, 9.17) is 17.3 Å². The summed E-state index contributed by atoms with van der Waals surface area (Å²) in [6.07, 6.45) is 0. The summed E-state index contributed by atoms with van der Waals surface area (Å²) in [4.78, 5) is 24.6. The number of nitrogen functional groups attached to an aromatic ring is 1. The summed E-state index contributed by atoms with van der Waals surface area (Å²) in [6, 6.07) is 9.73. The summed E-state index contributed by atoms with van der Waals surface area (Å²) in [5, 5.41) is 2.24. The van der Waals surface area contributed by atoms with Crippen LogP contribution in [0.4, 0.5) is 17.1 Å². The van der Waals surface area contributed by atoms with Gasteiger partial charge in [-0.15, -0.1) is 0 Å². The van der Waals surface area contributed by atoms with Crippen molar-refractivity contribution in [1.82, 2.24) is 0 Å². The van der Waals surface area contributed by atoms with E-state index in [9.17, 15) is 35.5 Å². The van der Waals surface area contributed by atoms with Crippen molar-refractivity contribution < 1.29 is 94.6 Å². The minimum absolute atomic E-state index is 0. The molecule has 0 atom stereocenters. The van der Waals surface area contributed by atoms with Gasteiger partial charge in [-0.3, -0.25) is 9.59 Å². The van der Waals surface area contributed by atoms with Crippen molar-refractivity contribution in [3.05, 3.63) is 75.8 Å². The van der Waals surface area contributed by atoms with Crippen molar-refractivity contribution >= 4 is 60.5 Å². The van der Waals surface area contributed by atoms with Crippen LogP contribution in [0, 0.1) is 0 Å². The first-order chi connectivity index (χ1) is 15.3. The van der Waals surface area contributed by atoms with Crippen LogP contribution in [0.5, 0.6) is 0 Å². The number of rotatable bonds is 4. The molecule has 10 nitrogen and oxygen atoms in total. The quantitative estimate of drug-likeness (QED) is 0.145. The first kappa shape index (κ1) is 29.9. The third-order valence-corrected chi connectivity index (χ3v) is 7.14. The number of anilines is 3. The second-order valence-electron chi connectivity index (χ2n) is 6.97. The van der Waals surface area contributed by atoms with Gasteiger partial charge in [-0.2, -0.15) is 0 Å². The van der Waals surface area contributed by atoms with Gasteiger partial charge in [-0.1, -0.05) is 35.9 Å². The summed E-state index contributed by atoms with van der Waals surface area (Å²) in [5.41, 5.74) is 3.96. The largest absolute Gasteiger partial charge is 1.00 e. The fraction of sp³-hybridized carbons (Fsp3) is 0. The number of fused-ring (bicyclic) bond motifs is 2. The minimum atomic E-state index is -5.18. The second-order valence-corrected chi connectivity index (χ2v) is 10.1. The molecule has 0 saturated carbocycles. The maximum atomic E-state index is 13.2. The Bertz CT molecular complexity index is 1610. The first-order valence-corrected chi connectivity index (χ1v) is 12.1. The SMILES string of the molecule is Nc1c(S(=O)(=O)[O-])cc(Nc2ccc(Cl)c(S(=O)(=O)[O-])c2)c2c1C(=O)c1ccccc1C2=O.[Na+].[Na+]. The number of carbonyl (C=O) groups excluding carboxylic acids is 2. The number of benzene rings is 3. The number of halogens is 1. The molecule has 0 aliphatic heterocycles. The number of ketones is 2. The maximum Gasteiger partial charge on any atom is 1.00 e. The molecular formula is C20H11ClN2Na2O8S2. The minimum Gasteiger partial charge on any atom is -0.744 e. The van der Waals surface area contributed by atoms with Crippen molar-refractivity contribution in [2.45, 2.75) is 9.79 Å². The molecule has 0 saturated heterocycles. The molecule has 4 rings (SSSR count). The molecule has 15 heteroatoms. The van der Waals surface area contributed by atoms with Gasteiger partial charge >= 0.3 is 59.1 Å². The van der Waals surface area contributed by atoms with Crippen LogP contribution in [-0.2, 0) is 20.2 Å². The van der Waals surface area contributed by atoms with Crippen LogP contribution in [0.25, 0.3) is 0 Å². The van der Waals surface area contributed by atoms with Crippen molar-refractivity contribution in [2.24, 2.45) is 0 Å². The monoisotopic (exact) mass is 552 g/mol. The first-order valence-electron chi connectivity index (χ1n) is 8.94. The summed E-state index contributed by atoms with van der Waals surface area (Å²) >= 11 is 5.76. The van der Waals surface area contributed by atoms with E-state index in [2.05, 4.69) is 5.32 Å². The normalized spacial score (nSPS) is 12.7. The third kappa shape index (κ3) is 5.53. The molecule has 3 aromatic rings. The summed E-state index contributed by atoms with van der Waals surface area (Å²) < 4.78 is 69.8. The topological polar surface area (TPSA) is 187 Å². The summed E-state index contributed by atoms with van der Waals surface area (Å²) in [5.74, 6) is -1.46. The Morgan fingerprint density at radius 1 is 0.771 bits per heavy atom. The van der Waals surface area contributed by atoms with Gasteiger partial charge in [0.15, 0.2) is 11.6 Å². The standard InChI is InChI=1S/C20H13ClN2O8S2.2Na/c21-12-6-5-9(7-14(12)32(26,27)28)23-13-8-15(33(29,30)31)18(22)17-16(13)19(24)10-3-1-2-4-11(10)20(17)25;;/h1-8,23H,22H2,(H,26,27,28)(H,29,30,31);;/q;2*+1/p-2. The van der Waals surface area contributed by atoms with Gasteiger partial charge in [0.25, 0.3) is 0 Å². The predicted octanol–water partition coefficient (Wildman–Crippen LogP) is -3.74. The van der Waals surface area contributed by atoms with Crippen LogP contribution >= 0.6 is 11.6 Å². The van der Waals surface area contributed by atoms with Gasteiger partial charge in [-0.05, 0) is 24.3 Å². The molecule has 3 N–H and O–H groups in total. The molecule has 170 valence electrons. The van der Waals surface area contributed by atoms with Gasteiger partial charge < -0.3 is 20.2 Å². The molecule has 1 aliphatic rings. The number of carbonyl (C=O) groups is 2. The van der Waals surface area contributed by atoms with E-state index >= 15 is 0 Å². The van der Waals surface area contributed by atoms with E-state index in [-0.39, 0.29) is 92.2 Å². The summed E-state index contributed by atoms with van der Waals surface area (Å²) in [7, 11) is -10.2. The predicted molar refractivity (Wildman–Crippen MR) is 115 cm³/mol. The van der Waals surface area contributed by atoms with Gasteiger partial charge in [0.05, 0.1) is 37.3 Å². The zero-order chi connectivity index (χ0) is 24.3. The van der Waals surface area contributed by atoms with Crippen LogP contribution < -0.4 is 70.2 Å². The molecule has 0 spiro atoms. The fourth-order valence-electron chi connectivity index (χ4n) is 3.53. The van der Waals surface area contributed by atoms with Crippen LogP contribution in [0.15, 0.2) is 58.3 Å². The van der Waals surface area contributed by atoms with E-state index in [0.717, 1.165) is 18.2 Å². The van der Waals surface area contributed by atoms with Crippen LogP contribution in [0.3, 0.4) is 0 Å². The van der Waals surface area contributed by atoms with Gasteiger partial charge in [0.1, 0.15) is 20.2 Å². The van der Waals surface area contributed by atoms with Gasteiger partial charge in [0.2, 0.25) is 0 Å². The third-order valence-electron chi connectivity index (χ3n) is 4.95. The molecule has 35 heavy (non-hydrogen) atoms. The number of nitrogens with two attached hydrogens (primary N) is 1. The molecule has 1 aliphatic carbocycles. The molecule has 3 aromatic carbocycles. The van der Waals surface area contributed by atoms with E-state index in [1.807, 2.05) is 0 Å². The molecule has 0 fully saturated rings. The molecule has 0 unspecified atom stereocenters. The fourth-order valence-corrected chi connectivity index (χ4v) is 5.14. The second kappa shape index (κ2) is 10.6. The number of nitrogens with one attached hydrogen (secondary N) is 1. The molecular weight excluding hydrogens is 542 g/mol. The Morgan fingerprint density at radius 2 is 1.29 bits per heavy atom. The van der Waals surface area contributed by atoms with Crippen LogP contribution in [0.2, 0.25) is 5.02 Å². The van der Waals surface area contributed by atoms with Crippen molar-refractivity contribution in [3.8, 4) is 0 Å². The Morgan fingerprint density at radius 3 is 1.80 bits per heavy atom. The van der Waals surface area contributed by atoms with E-state index < -0.39 is 52.8 Å². The zero-order valence-electron chi connectivity index (χ0n) is 18.2. The van der Waals surface area contributed by atoms with E-state index in [1.54, 1.807) is 0 Å². The van der Waals surface area contributed by atoms with Crippen LogP contribution in [-0.4, -0.2) is 37.5 Å². The van der Waals surface area contributed by atoms with Gasteiger partial charge in [-0.25, -0.2) is 16.8 Å². The molecule has 0 heterocycles. The zero-order valence-corrected chi connectivity index (χ0v) is 24.5. The smallest absolute Gasteiger partial charge is 0.744 e. The van der Waals surface area contributed by atoms with E-state index in [1.165, 1.54) is 30.3 Å². The van der Waals surface area contributed by atoms with Crippen molar-refractivity contribution in [2.75, 3.05) is 11.1 Å². The molecule has 0 bridgehead atoms. The van der Waals surface area contributed by atoms with Crippen molar-refractivity contribution in [3.63, 3.8) is 0 Å². The maximum absolute atomic E-state index is 13.2.